The lowest BCUT2D eigenvalue weighted by molar-refractivity contribution is 0.166. The summed E-state index contributed by atoms with van der Waals surface area (Å²) >= 11 is 0. The van der Waals surface area contributed by atoms with Gasteiger partial charge in [-0.05, 0) is 6.07 Å². The van der Waals surface area contributed by atoms with E-state index in [0.717, 1.165) is 16.5 Å². The topological polar surface area (TPSA) is 87.3 Å². The molecule has 1 aromatic carbocycles. The quantitative estimate of drug-likeness (QED) is 0.772. The molecule has 0 radical (unpaired) electrons. The lowest BCUT2D eigenvalue weighted by Gasteiger charge is -2.02. The van der Waals surface area contributed by atoms with Gasteiger partial charge in [0.2, 0.25) is 11.7 Å². The minimum Gasteiger partial charge on any atom is -0.464 e. The van der Waals surface area contributed by atoms with Crippen LogP contribution >= 0.6 is 0 Å². The van der Waals surface area contributed by atoms with Gasteiger partial charge >= 0.3 is 0 Å². The maximum absolute atomic E-state index is 5.84. The first-order valence-electron chi connectivity index (χ1n) is 5.84. The summed E-state index contributed by atoms with van der Waals surface area (Å²) in [5.41, 5.74) is 7.41. The van der Waals surface area contributed by atoms with E-state index < -0.39 is 6.04 Å². The maximum atomic E-state index is 5.84. The standard InChI is InChI=1S/C13H13N3O3/c1-17-7-10(14)13-15-12(16-19-13)9-6-18-11-5-3-2-4-8(9)11/h2-6,10H,7,14H2,1H3. The highest BCUT2D eigenvalue weighted by molar-refractivity contribution is 5.91. The van der Waals surface area contributed by atoms with Crippen LogP contribution in [0.15, 0.2) is 39.5 Å². The molecule has 0 amide bonds. The second kappa shape index (κ2) is 4.83. The van der Waals surface area contributed by atoms with Gasteiger partial charge in [0.15, 0.2) is 0 Å². The lowest BCUT2D eigenvalue weighted by atomic mass is 10.2. The van der Waals surface area contributed by atoms with Gasteiger partial charge in [-0.15, -0.1) is 0 Å². The number of nitrogens with zero attached hydrogens (tertiary/aromatic N) is 2. The Morgan fingerprint density at radius 3 is 3.05 bits per heavy atom. The number of rotatable bonds is 4. The molecule has 0 aliphatic carbocycles. The molecule has 6 heteroatoms. The molecule has 3 rings (SSSR count). The van der Waals surface area contributed by atoms with E-state index in [1.807, 2.05) is 24.3 Å². The summed E-state index contributed by atoms with van der Waals surface area (Å²) in [6.07, 6.45) is 1.61. The predicted octanol–water partition coefficient (Wildman–Crippen LogP) is 2.13. The number of fused-ring (bicyclic) bond motifs is 1. The third-order valence-electron chi connectivity index (χ3n) is 2.83. The third-order valence-corrected chi connectivity index (χ3v) is 2.83. The molecule has 3 aromatic rings. The Bertz CT molecular complexity index is 689. The van der Waals surface area contributed by atoms with Gasteiger partial charge in [-0.2, -0.15) is 4.98 Å². The Morgan fingerprint density at radius 1 is 1.37 bits per heavy atom. The van der Waals surface area contributed by atoms with E-state index >= 15 is 0 Å². The van der Waals surface area contributed by atoms with Crippen molar-refractivity contribution in [3.05, 3.63) is 36.4 Å². The van der Waals surface area contributed by atoms with Crippen molar-refractivity contribution >= 4 is 11.0 Å². The van der Waals surface area contributed by atoms with Crippen LogP contribution in [0.2, 0.25) is 0 Å². The average Bonchev–Trinajstić information content (AvgIpc) is 3.05. The molecule has 2 aromatic heterocycles. The summed E-state index contributed by atoms with van der Waals surface area (Å²) in [7, 11) is 1.57. The number of aromatic nitrogens is 2. The van der Waals surface area contributed by atoms with Crippen molar-refractivity contribution in [1.82, 2.24) is 10.1 Å². The summed E-state index contributed by atoms with van der Waals surface area (Å²) in [6, 6.07) is 7.24. The van der Waals surface area contributed by atoms with Gasteiger partial charge in [-0.3, -0.25) is 0 Å². The molecule has 1 unspecified atom stereocenters. The number of furan rings is 1. The fourth-order valence-corrected chi connectivity index (χ4v) is 1.90. The van der Waals surface area contributed by atoms with Crippen molar-refractivity contribution in [2.24, 2.45) is 5.73 Å². The Hall–Kier alpha value is -2.18. The number of para-hydroxylation sites is 1. The second-order valence-corrected chi connectivity index (χ2v) is 4.16. The summed E-state index contributed by atoms with van der Waals surface area (Å²) in [6.45, 7) is 0.327. The van der Waals surface area contributed by atoms with Gasteiger partial charge in [0.05, 0.1) is 12.2 Å². The average molecular weight is 259 g/mol. The highest BCUT2D eigenvalue weighted by atomic mass is 16.5. The van der Waals surface area contributed by atoms with E-state index in [1.54, 1.807) is 13.4 Å². The smallest absolute Gasteiger partial charge is 0.246 e. The normalized spacial score (nSPS) is 12.9. The molecule has 0 saturated carbocycles. The van der Waals surface area contributed by atoms with Gasteiger partial charge in [-0.25, -0.2) is 0 Å². The molecule has 0 aliphatic rings. The van der Waals surface area contributed by atoms with Crippen LogP contribution in [0.25, 0.3) is 22.4 Å². The highest BCUT2D eigenvalue weighted by Gasteiger charge is 2.18. The van der Waals surface area contributed by atoms with Crippen LogP contribution < -0.4 is 5.73 Å². The minimum atomic E-state index is -0.426. The van der Waals surface area contributed by atoms with Crippen LogP contribution in [0.3, 0.4) is 0 Å². The number of hydrogen-bond donors (Lipinski definition) is 1. The molecule has 0 fully saturated rings. The van der Waals surface area contributed by atoms with Crippen molar-refractivity contribution in [1.29, 1.82) is 0 Å². The fraction of sp³-hybridized carbons (Fsp3) is 0.231. The van der Waals surface area contributed by atoms with Crippen LogP contribution in [-0.4, -0.2) is 23.9 Å². The van der Waals surface area contributed by atoms with E-state index in [2.05, 4.69) is 10.1 Å². The summed E-state index contributed by atoms with van der Waals surface area (Å²) in [4.78, 5) is 4.28. The van der Waals surface area contributed by atoms with Crippen molar-refractivity contribution in [3.8, 4) is 11.4 Å². The van der Waals surface area contributed by atoms with Crippen LogP contribution in [-0.2, 0) is 4.74 Å². The summed E-state index contributed by atoms with van der Waals surface area (Å²) < 4.78 is 15.5. The van der Waals surface area contributed by atoms with Crippen LogP contribution in [0.1, 0.15) is 11.9 Å². The second-order valence-electron chi connectivity index (χ2n) is 4.16. The van der Waals surface area contributed by atoms with Crippen molar-refractivity contribution in [3.63, 3.8) is 0 Å². The third kappa shape index (κ3) is 2.11. The molecule has 0 spiro atoms. The molecular formula is C13H13N3O3. The van der Waals surface area contributed by atoms with Gasteiger partial charge in [0, 0.05) is 12.5 Å². The first-order chi connectivity index (χ1) is 9.29. The number of benzene rings is 1. The first-order valence-corrected chi connectivity index (χ1v) is 5.84. The Balaban J connectivity index is 1.98. The molecule has 2 N–H and O–H groups in total. The van der Waals surface area contributed by atoms with Gasteiger partial charge in [-0.1, -0.05) is 23.4 Å². The summed E-state index contributed by atoms with van der Waals surface area (Å²) in [5.74, 6) is 0.814. The van der Waals surface area contributed by atoms with Crippen molar-refractivity contribution < 1.29 is 13.7 Å². The maximum Gasteiger partial charge on any atom is 0.246 e. The van der Waals surface area contributed by atoms with Gasteiger partial charge in [0.1, 0.15) is 17.9 Å². The minimum absolute atomic E-state index is 0.327. The van der Waals surface area contributed by atoms with E-state index in [9.17, 15) is 0 Å². The van der Waals surface area contributed by atoms with Gasteiger partial charge in [0.25, 0.3) is 0 Å². The monoisotopic (exact) mass is 259 g/mol. The molecule has 0 aliphatic heterocycles. The van der Waals surface area contributed by atoms with Gasteiger partial charge < -0.3 is 19.4 Å². The lowest BCUT2D eigenvalue weighted by Crippen LogP contribution is -2.16. The van der Waals surface area contributed by atoms with E-state index in [-0.39, 0.29) is 0 Å². The zero-order valence-corrected chi connectivity index (χ0v) is 10.4. The number of ether oxygens (including phenoxy) is 1. The zero-order chi connectivity index (χ0) is 13.2. The van der Waals surface area contributed by atoms with Crippen LogP contribution in [0, 0.1) is 0 Å². The predicted molar refractivity (Wildman–Crippen MR) is 68.3 cm³/mol. The SMILES string of the molecule is COCC(N)c1nc(-c2coc3ccccc23)no1. The molecular weight excluding hydrogens is 246 g/mol. The number of methoxy groups -OCH3 is 1. The van der Waals surface area contributed by atoms with E-state index in [0.29, 0.717) is 18.3 Å². The Labute approximate surface area is 109 Å². The number of hydrogen-bond acceptors (Lipinski definition) is 6. The van der Waals surface area contributed by atoms with E-state index in [1.165, 1.54) is 0 Å². The van der Waals surface area contributed by atoms with Crippen molar-refractivity contribution in [2.45, 2.75) is 6.04 Å². The molecule has 0 bridgehead atoms. The molecule has 1 atom stereocenters. The molecule has 2 heterocycles. The van der Waals surface area contributed by atoms with Crippen LogP contribution in [0.5, 0.6) is 0 Å². The first kappa shape index (κ1) is 11.9. The zero-order valence-electron chi connectivity index (χ0n) is 10.4. The molecule has 98 valence electrons. The van der Waals surface area contributed by atoms with Crippen LogP contribution in [0.4, 0.5) is 0 Å². The van der Waals surface area contributed by atoms with E-state index in [4.69, 9.17) is 19.4 Å². The largest absolute Gasteiger partial charge is 0.464 e. The number of nitrogens with two attached hydrogens (primary N) is 1. The Kier molecular flexibility index (Phi) is 3.02. The van der Waals surface area contributed by atoms with Crippen molar-refractivity contribution in [2.75, 3.05) is 13.7 Å². The fourth-order valence-electron chi connectivity index (χ4n) is 1.90. The molecule has 6 nitrogen and oxygen atoms in total. The Morgan fingerprint density at radius 2 is 2.21 bits per heavy atom. The highest BCUT2D eigenvalue weighted by Crippen LogP contribution is 2.28. The summed E-state index contributed by atoms with van der Waals surface area (Å²) in [5, 5.41) is 4.87. The molecule has 0 saturated heterocycles. The molecule has 19 heavy (non-hydrogen) atoms.